The van der Waals surface area contributed by atoms with Gasteiger partial charge in [0.2, 0.25) is 0 Å². The van der Waals surface area contributed by atoms with E-state index < -0.39 is 0 Å². The highest BCUT2D eigenvalue weighted by Gasteiger charge is 2.04. The number of nitrogen functional groups attached to an aromatic ring is 1. The van der Waals surface area contributed by atoms with E-state index in [0.717, 1.165) is 41.6 Å². The summed E-state index contributed by atoms with van der Waals surface area (Å²) in [5.74, 6) is 0.384. The molecule has 0 radical (unpaired) electrons. The van der Waals surface area contributed by atoms with Crippen molar-refractivity contribution < 1.29 is 4.39 Å². The Hall–Kier alpha value is -1.94. The Morgan fingerprint density at radius 1 is 1.04 bits per heavy atom. The fraction of sp³-hybridized carbons (Fsp3) is 0.476. The molecule has 1 aliphatic rings. The average Bonchev–Trinajstić information content (AvgIpc) is 3.03. The molecule has 0 atom stereocenters. The van der Waals surface area contributed by atoms with Crippen LogP contribution in [-0.4, -0.2) is 30.0 Å². The topological polar surface area (TPSA) is 42.1 Å². The molecule has 25 heavy (non-hydrogen) atoms. The van der Waals surface area contributed by atoms with Crippen LogP contribution in [0.1, 0.15) is 42.1 Å². The molecule has 0 spiro atoms. The second kappa shape index (κ2) is 9.52. The number of halogens is 1. The minimum absolute atomic E-state index is 0.161. The van der Waals surface area contributed by atoms with Crippen molar-refractivity contribution in [2.45, 2.75) is 46.0 Å². The van der Waals surface area contributed by atoms with Gasteiger partial charge in [-0.15, -0.1) is 0 Å². The van der Waals surface area contributed by atoms with Crippen molar-refractivity contribution in [1.29, 1.82) is 0 Å². The van der Waals surface area contributed by atoms with Crippen molar-refractivity contribution in [3.63, 3.8) is 0 Å². The van der Waals surface area contributed by atoms with Gasteiger partial charge in [0.05, 0.1) is 0 Å². The van der Waals surface area contributed by atoms with Crippen LogP contribution in [-0.2, 0) is 19.3 Å². The van der Waals surface area contributed by atoms with E-state index >= 15 is 0 Å². The smallest absolute Gasteiger partial charge is 0.123 e. The summed E-state index contributed by atoms with van der Waals surface area (Å²) < 4.78 is 13.4. The van der Waals surface area contributed by atoms with Gasteiger partial charge in [-0.1, -0.05) is 13.0 Å². The van der Waals surface area contributed by atoms with Crippen molar-refractivity contribution in [3.8, 4) is 0 Å². The zero-order valence-electron chi connectivity index (χ0n) is 15.7. The number of aryl methyl sites for hydroxylation is 4. The first-order valence-corrected chi connectivity index (χ1v) is 9.16. The van der Waals surface area contributed by atoms with Crippen LogP contribution in [0.4, 0.5) is 10.2 Å². The van der Waals surface area contributed by atoms with E-state index in [1.54, 1.807) is 12.1 Å². The lowest BCUT2D eigenvalue weighted by Crippen LogP contribution is -2.10. The monoisotopic (exact) mass is 343 g/mol. The van der Waals surface area contributed by atoms with Gasteiger partial charge in [-0.25, -0.2) is 9.37 Å². The minimum Gasteiger partial charge on any atom is -0.384 e. The van der Waals surface area contributed by atoms with Gasteiger partial charge in [-0.2, -0.15) is 0 Å². The first-order chi connectivity index (χ1) is 12.0. The molecule has 3 nitrogen and oxygen atoms in total. The van der Waals surface area contributed by atoms with Gasteiger partial charge in [-0.05, 0) is 100 Å². The highest BCUT2D eigenvalue weighted by Crippen LogP contribution is 2.14. The number of likely N-dealkylation sites (tertiary alicyclic amines) is 1. The number of hydrogen-bond donors (Lipinski definition) is 1. The zero-order valence-corrected chi connectivity index (χ0v) is 15.7. The highest BCUT2D eigenvalue weighted by molar-refractivity contribution is 5.34. The van der Waals surface area contributed by atoms with E-state index in [4.69, 9.17) is 5.73 Å². The van der Waals surface area contributed by atoms with Crippen molar-refractivity contribution in [2.75, 3.05) is 25.9 Å². The summed E-state index contributed by atoms with van der Waals surface area (Å²) in [5, 5.41) is 0. The molecule has 1 saturated heterocycles. The van der Waals surface area contributed by atoms with Crippen molar-refractivity contribution in [2.24, 2.45) is 0 Å². The molecule has 2 N–H and O–H groups in total. The molecule has 1 fully saturated rings. The second-order valence-corrected chi connectivity index (χ2v) is 6.89. The third-order valence-corrected chi connectivity index (χ3v) is 4.47. The summed E-state index contributed by atoms with van der Waals surface area (Å²) in [6.07, 6.45) is 5.23. The minimum atomic E-state index is -0.161. The summed E-state index contributed by atoms with van der Waals surface area (Å²) >= 11 is 0. The Kier molecular flexibility index (Phi) is 7.38. The van der Waals surface area contributed by atoms with Gasteiger partial charge in [0.25, 0.3) is 0 Å². The number of hydrogen-bond acceptors (Lipinski definition) is 3. The van der Waals surface area contributed by atoms with Crippen LogP contribution in [0.15, 0.2) is 30.3 Å². The number of anilines is 1. The summed E-state index contributed by atoms with van der Waals surface area (Å²) in [7, 11) is 2.17. The Balaban J connectivity index is 0.000000316. The molecule has 0 aliphatic carbocycles. The number of benzene rings is 1. The summed E-state index contributed by atoms with van der Waals surface area (Å²) in [6.45, 7) is 6.67. The average molecular weight is 343 g/mol. The van der Waals surface area contributed by atoms with Gasteiger partial charge < -0.3 is 10.6 Å². The van der Waals surface area contributed by atoms with Crippen molar-refractivity contribution in [1.82, 2.24) is 9.88 Å². The number of rotatable bonds is 4. The van der Waals surface area contributed by atoms with Crippen LogP contribution >= 0.6 is 0 Å². The molecule has 1 aromatic carbocycles. The molecule has 0 unspecified atom stereocenters. The summed E-state index contributed by atoms with van der Waals surface area (Å²) in [6, 6.07) is 9.12. The number of nitrogens with zero attached hydrogens (tertiary/aromatic N) is 2. The molecule has 1 aliphatic heterocycles. The van der Waals surface area contributed by atoms with Gasteiger partial charge in [0.15, 0.2) is 0 Å². The lowest BCUT2D eigenvalue weighted by atomic mass is 10.0. The number of pyridine rings is 1. The summed E-state index contributed by atoms with van der Waals surface area (Å²) in [5.41, 5.74) is 9.84. The molecular formula is C21H30FN3. The van der Waals surface area contributed by atoms with Gasteiger partial charge in [-0.3, -0.25) is 0 Å². The van der Waals surface area contributed by atoms with Gasteiger partial charge >= 0.3 is 0 Å². The van der Waals surface area contributed by atoms with Crippen LogP contribution in [0.3, 0.4) is 0 Å². The molecule has 3 rings (SSSR count). The Morgan fingerprint density at radius 3 is 2.28 bits per heavy atom. The fourth-order valence-electron chi connectivity index (χ4n) is 3.11. The lowest BCUT2D eigenvalue weighted by molar-refractivity contribution is 0.418. The Bertz CT molecular complexity index is 659. The molecule has 1 aromatic heterocycles. The standard InChI is InChI=1S/C16H19FN2.C5H11N/c1-3-12-8-13(10-14(17)9-12)4-5-15-6-11(2)7-16(18)19-15;1-6-4-2-3-5-6/h6-10H,3-5H2,1-2H3,(H2,18,19);2-5H2,1H3. The Labute approximate surface area is 151 Å². The van der Waals surface area contributed by atoms with Crippen molar-refractivity contribution in [3.05, 3.63) is 58.5 Å². The SMILES string of the molecule is CCc1cc(F)cc(CCc2cc(C)cc(N)n2)c1.CN1CCCC1. The lowest BCUT2D eigenvalue weighted by Gasteiger charge is -2.06. The van der Waals surface area contributed by atoms with E-state index in [-0.39, 0.29) is 5.82 Å². The maximum absolute atomic E-state index is 13.4. The largest absolute Gasteiger partial charge is 0.384 e. The number of aromatic nitrogens is 1. The Morgan fingerprint density at radius 2 is 1.72 bits per heavy atom. The highest BCUT2D eigenvalue weighted by atomic mass is 19.1. The van der Waals surface area contributed by atoms with Crippen LogP contribution in [0.5, 0.6) is 0 Å². The van der Waals surface area contributed by atoms with E-state index in [2.05, 4.69) is 23.0 Å². The first kappa shape index (κ1) is 19.4. The van der Waals surface area contributed by atoms with Gasteiger partial charge in [0, 0.05) is 5.69 Å². The molecule has 0 bridgehead atoms. The third kappa shape index (κ3) is 6.83. The molecule has 2 aromatic rings. The van der Waals surface area contributed by atoms with Crippen molar-refractivity contribution >= 4 is 5.82 Å². The summed E-state index contributed by atoms with van der Waals surface area (Å²) in [4.78, 5) is 6.66. The predicted octanol–water partition coefficient (Wildman–Crippen LogP) is 4.17. The first-order valence-electron chi connectivity index (χ1n) is 9.16. The normalized spacial score (nSPS) is 14.2. The molecule has 136 valence electrons. The van der Waals surface area contributed by atoms with Crippen LogP contribution < -0.4 is 5.73 Å². The maximum atomic E-state index is 13.4. The third-order valence-electron chi connectivity index (χ3n) is 4.47. The molecule has 2 heterocycles. The quantitative estimate of drug-likeness (QED) is 0.906. The van der Waals surface area contributed by atoms with E-state index in [9.17, 15) is 4.39 Å². The molecule has 4 heteroatoms. The van der Waals surface area contributed by atoms with E-state index in [0.29, 0.717) is 5.82 Å². The number of nitrogens with two attached hydrogens (primary N) is 1. The van der Waals surface area contributed by atoms with E-state index in [1.807, 2.05) is 26.0 Å². The maximum Gasteiger partial charge on any atom is 0.123 e. The zero-order chi connectivity index (χ0) is 18.2. The molecule has 0 amide bonds. The van der Waals surface area contributed by atoms with Gasteiger partial charge in [0.1, 0.15) is 11.6 Å². The van der Waals surface area contributed by atoms with Crippen LogP contribution in [0, 0.1) is 12.7 Å². The predicted molar refractivity (Wildman–Crippen MR) is 103 cm³/mol. The fourth-order valence-corrected chi connectivity index (χ4v) is 3.11. The second-order valence-electron chi connectivity index (χ2n) is 6.89. The molecular weight excluding hydrogens is 313 g/mol. The van der Waals surface area contributed by atoms with E-state index in [1.165, 1.54) is 25.9 Å². The van der Waals surface area contributed by atoms with Crippen LogP contribution in [0.2, 0.25) is 0 Å². The van der Waals surface area contributed by atoms with Crippen LogP contribution in [0.25, 0.3) is 0 Å². The molecule has 0 saturated carbocycles.